The van der Waals surface area contributed by atoms with Crippen LogP contribution in [0.1, 0.15) is 55.8 Å². The zero-order valence-corrected chi connectivity index (χ0v) is 20.7. The highest BCUT2D eigenvalue weighted by atomic mass is 32.2. The van der Waals surface area contributed by atoms with Crippen LogP contribution >= 0.6 is 23.5 Å². The third kappa shape index (κ3) is 7.91. The van der Waals surface area contributed by atoms with Crippen molar-refractivity contribution in [3.05, 3.63) is 36.6 Å². The minimum Gasteiger partial charge on any atom is -0.370 e. The van der Waals surface area contributed by atoms with E-state index in [0.717, 1.165) is 67.2 Å². The number of nitrogens with one attached hydrogen (secondary N) is 2. The Bertz CT molecular complexity index is 702. The van der Waals surface area contributed by atoms with Gasteiger partial charge >= 0.3 is 5.97 Å². The van der Waals surface area contributed by atoms with Crippen LogP contribution in [0.2, 0.25) is 0 Å². The third-order valence-electron chi connectivity index (χ3n) is 5.86. The van der Waals surface area contributed by atoms with Crippen molar-refractivity contribution < 1.29 is 14.2 Å². The Kier molecular flexibility index (Phi) is 11.6. The number of hydrogen-bond donors (Lipinski definition) is 2. The first-order valence-corrected chi connectivity index (χ1v) is 13.7. The Morgan fingerprint density at radius 1 is 1.16 bits per heavy atom. The van der Waals surface area contributed by atoms with Gasteiger partial charge in [0.25, 0.3) is 0 Å². The highest BCUT2D eigenvalue weighted by Crippen LogP contribution is 2.39. The topological polar surface area (TPSA) is 76.4 Å². The van der Waals surface area contributed by atoms with Gasteiger partial charge in [0, 0.05) is 17.5 Å². The van der Waals surface area contributed by atoms with Crippen molar-refractivity contribution in [1.82, 2.24) is 10.6 Å². The summed E-state index contributed by atoms with van der Waals surface area (Å²) in [5.74, 6) is 3.83. The van der Waals surface area contributed by atoms with Crippen LogP contribution in [0.25, 0.3) is 0 Å². The number of carbonyl (C=O) groups excluding carboxylic acids is 1. The molecule has 2 atom stereocenters. The first kappa shape index (κ1) is 25.9. The normalized spacial score (nSPS) is 20.6. The molecule has 6 nitrogen and oxygen atoms in total. The van der Waals surface area contributed by atoms with E-state index in [1.807, 2.05) is 17.8 Å². The number of carbonyl (C=O) groups is 1. The van der Waals surface area contributed by atoms with Crippen LogP contribution in [0, 0.1) is 12.8 Å². The van der Waals surface area contributed by atoms with E-state index in [2.05, 4.69) is 48.5 Å². The molecule has 31 heavy (non-hydrogen) atoms. The maximum atomic E-state index is 12.5. The van der Waals surface area contributed by atoms with Crippen LogP contribution in [-0.4, -0.2) is 47.2 Å². The molecule has 0 unspecified atom stereocenters. The lowest BCUT2D eigenvalue weighted by Crippen LogP contribution is -2.34. The molecule has 0 aromatic carbocycles. The van der Waals surface area contributed by atoms with E-state index >= 15 is 0 Å². The quantitative estimate of drug-likeness (QED) is 0.281. The summed E-state index contributed by atoms with van der Waals surface area (Å²) < 4.78 is 5.72. The van der Waals surface area contributed by atoms with Gasteiger partial charge in [0.05, 0.1) is 12.0 Å². The van der Waals surface area contributed by atoms with Crippen molar-refractivity contribution in [2.75, 3.05) is 29.3 Å². The molecule has 1 aliphatic carbocycles. The standard InChI is InChI=1S/C23H37N3O3S2/c1-6-19(12-14-30-4)24-22-16(3)21(28-26-22)17-8-10-18(11-9-17)23(27)29-25-20(7-2)13-15-31-5/h6-7,17-20,25H,1-2,8-15H2,3-5H3,(H,24,26)/t17?,18?,19-,20-/m1/s1. The average molecular weight is 468 g/mol. The minimum absolute atomic E-state index is 0.00851. The maximum Gasteiger partial charge on any atom is 0.327 e. The van der Waals surface area contributed by atoms with Crippen molar-refractivity contribution in [2.24, 2.45) is 5.92 Å². The van der Waals surface area contributed by atoms with E-state index in [1.165, 1.54) is 0 Å². The molecule has 8 heteroatoms. The molecule has 2 rings (SSSR count). The van der Waals surface area contributed by atoms with Crippen LogP contribution in [0.5, 0.6) is 0 Å². The fourth-order valence-electron chi connectivity index (χ4n) is 3.81. The summed E-state index contributed by atoms with van der Waals surface area (Å²) >= 11 is 3.58. The molecular formula is C23H37N3O3S2. The van der Waals surface area contributed by atoms with Crippen LogP contribution in [0.3, 0.4) is 0 Å². The molecule has 1 aliphatic rings. The number of rotatable bonds is 14. The molecule has 0 radical (unpaired) electrons. The number of anilines is 1. The van der Waals surface area contributed by atoms with E-state index < -0.39 is 0 Å². The number of hydrogen-bond acceptors (Lipinski definition) is 8. The lowest BCUT2D eigenvalue weighted by Gasteiger charge is -2.26. The highest BCUT2D eigenvalue weighted by molar-refractivity contribution is 7.98. The summed E-state index contributed by atoms with van der Waals surface area (Å²) in [4.78, 5) is 17.8. The zero-order valence-electron chi connectivity index (χ0n) is 19.0. The molecule has 174 valence electrons. The summed E-state index contributed by atoms with van der Waals surface area (Å²) in [6.45, 7) is 9.78. The lowest BCUT2D eigenvalue weighted by atomic mass is 9.80. The predicted octanol–water partition coefficient (Wildman–Crippen LogP) is 5.33. The molecule has 1 heterocycles. The molecule has 0 aliphatic heterocycles. The number of thioether (sulfide) groups is 2. The Morgan fingerprint density at radius 3 is 2.35 bits per heavy atom. The van der Waals surface area contributed by atoms with Gasteiger partial charge in [-0.25, -0.2) is 0 Å². The molecular weight excluding hydrogens is 430 g/mol. The molecule has 1 aromatic heterocycles. The van der Waals surface area contributed by atoms with E-state index in [0.29, 0.717) is 0 Å². The Morgan fingerprint density at radius 2 is 1.77 bits per heavy atom. The number of aromatic nitrogens is 1. The molecule has 2 N–H and O–H groups in total. The van der Waals surface area contributed by atoms with Crippen LogP contribution in [0.4, 0.5) is 5.82 Å². The van der Waals surface area contributed by atoms with Crippen LogP contribution in [-0.2, 0) is 9.63 Å². The van der Waals surface area contributed by atoms with Gasteiger partial charge in [-0.3, -0.25) is 4.79 Å². The molecule has 1 aromatic rings. The fraction of sp³-hybridized carbons (Fsp3) is 0.652. The summed E-state index contributed by atoms with van der Waals surface area (Å²) in [6.07, 6.45) is 13.1. The third-order valence-corrected chi connectivity index (χ3v) is 7.15. The molecule has 0 amide bonds. The lowest BCUT2D eigenvalue weighted by molar-refractivity contribution is -0.158. The van der Waals surface area contributed by atoms with E-state index in [-0.39, 0.29) is 29.9 Å². The van der Waals surface area contributed by atoms with E-state index in [9.17, 15) is 4.79 Å². The predicted molar refractivity (Wildman–Crippen MR) is 133 cm³/mol. The minimum atomic E-state index is -0.172. The molecule has 1 fully saturated rings. The molecule has 0 bridgehead atoms. The van der Waals surface area contributed by atoms with E-state index in [4.69, 9.17) is 9.36 Å². The van der Waals surface area contributed by atoms with Gasteiger partial charge < -0.3 is 14.7 Å². The smallest absolute Gasteiger partial charge is 0.327 e. The van der Waals surface area contributed by atoms with Crippen molar-refractivity contribution in [1.29, 1.82) is 0 Å². The number of nitrogens with zero attached hydrogens (tertiary/aromatic N) is 1. The summed E-state index contributed by atoms with van der Waals surface area (Å²) in [5.41, 5.74) is 3.93. The zero-order chi connectivity index (χ0) is 22.6. The molecule has 0 spiro atoms. The first-order chi connectivity index (χ1) is 15.0. The van der Waals surface area contributed by atoms with Crippen molar-refractivity contribution >= 4 is 35.3 Å². The van der Waals surface area contributed by atoms with Crippen LogP contribution < -0.4 is 10.8 Å². The second kappa shape index (κ2) is 13.9. The van der Waals surface area contributed by atoms with Crippen molar-refractivity contribution in [2.45, 2.75) is 63.5 Å². The Hall–Kier alpha value is -1.38. The van der Waals surface area contributed by atoms with Gasteiger partial charge in [-0.2, -0.15) is 23.5 Å². The average Bonchev–Trinajstić information content (AvgIpc) is 3.16. The van der Waals surface area contributed by atoms with Gasteiger partial charge in [-0.1, -0.05) is 17.3 Å². The summed E-state index contributed by atoms with van der Waals surface area (Å²) in [6, 6.07) is 0.170. The highest BCUT2D eigenvalue weighted by Gasteiger charge is 2.32. The van der Waals surface area contributed by atoms with E-state index in [1.54, 1.807) is 17.8 Å². The maximum absolute atomic E-state index is 12.5. The van der Waals surface area contributed by atoms with Gasteiger partial charge in [0.15, 0.2) is 5.82 Å². The molecule has 1 saturated carbocycles. The number of hydroxylamine groups is 1. The Balaban J connectivity index is 1.84. The van der Waals surface area contributed by atoms with Crippen LogP contribution in [0.15, 0.2) is 29.8 Å². The molecule has 0 saturated heterocycles. The van der Waals surface area contributed by atoms with Gasteiger partial charge in [-0.05, 0) is 69.5 Å². The summed E-state index contributed by atoms with van der Waals surface area (Å²) in [5, 5.41) is 7.71. The second-order valence-electron chi connectivity index (χ2n) is 8.00. The monoisotopic (exact) mass is 467 g/mol. The fourth-order valence-corrected chi connectivity index (χ4v) is 4.79. The Labute approximate surface area is 195 Å². The van der Waals surface area contributed by atoms with Crippen molar-refractivity contribution in [3.63, 3.8) is 0 Å². The SMILES string of the molecule is C=C[C@H](CCSC)NOC(=O)C1CCC(c2onc(N[C@H](C=C)CCSC)c2C)CC1. The summed E-state index contributed by atoms with van der Waals surface area (Å²) in [7, 11) is 0. The van der Waals surface area contributed by atoms with Crippen molar-refractivity contribution in [3.8, 4) is 0 Å². The second-order valence-corrected chi connectivity index (χ2v) is 9.97. The largest absolute Gasteiger partial charge is 0.370 e. The van der Waals surface area contributed by atoms with Gasteiger partial charge in [-0.15, -0.1) is 18.6 Å². The first-order valence-electron chi connectivity index (χ1n) is 11.0. The van der Waals surface area contributed by atoms with Gasteiger partial charge in [0.2, 0.25) is 0 Å². The van der Waals surface area contributed by atoms with Gasteiger partial charge in [0.1, 0.15) is 5.76 Å².